The maximum atomic E-state index is 11.8. The first-order valence-electron chi connectivity index (χ1n) is 7.68. The minimum Gasteiger partial charge on any atom is -0.449 e. The van der Waals surface area contributed by atoms with Gasteiger partial charge in [0.1, 0.15) is 5.60 Å². The van der Waals surface area contributed by atoms with Gasteiger partial charge >= 0.3 is 12.2 Å². The van der Waals surface area contributed by atoms with Crippen LogP contribution in [0.25, 0.3) is 0 Å². The summed E-state index contributed by atoms with van der Waals surface area (Å²) in [5.41, 5.74) is -0.517. The number of carbonyl (C=O) groups excluding carboxylic acids is 2. The van der Waals surface area contributed by atoms with Crippen molar-refractivity contribution in [3.8, 4) is 0 Å². The third-order valence-electron chi connectivity index (χ3n) is 2.65. The zero-order valence-corrected chi connectivity index (χ0v) is 14.0. The van der Waals surface area contributed by atoms with Gasteiger partial charge in [0.25, 0.3) is 0 Å². The second-order valence-corrected chi connectivity index (χ2v) is 5.94. The first-order chi connectivity index (χ1) is 9.78. The Labute approximate surface area is 127 Å². The lowest BCUT2D eigenvalue weighted by Gasteiger charge is -2.23. The van der Waals surface area contributed by atoms with Gasteiger partial charge in [0.15, 0.2) is 0 Å². The Morgan fingerprint density at radius 3 is 2.29 bits per heavy atom. The van der Waals surface area contributed by atoms with Crippen molar-refractivity contribution >= 4 is 12.2 Å². The van der Waals surface area contributed by atoms with Crippen molar-refractivity contribution in [1.29, 1.82) is 0 Å². The normalized spacial score (nSPS) is 12.4. The molecular weight excluding hydrogens is 272 g/mol. The molecule has 0 fully saturated rings. The highest BCUT2D eigenvalue weighted by atomic mass is 16.6. The zero-order valence-electron chi connectivity index (χ0n) is 14.0. The van der Waals surface area contributed by atoms with E-state index in [9.17, 15) is 9.59 Å². The van der Waals surface area contributed by atoms with Crippen LogP contribution in [0.15, 0.2) is 0 Å². The van der Waals surface area contributed by atoms with Crippen LogP contribution in [0.2, 0.25) is 0 Å². The van der Waals surface area contributed by atoms with Gasteiger partial charge in [0.05, 0.1) is 6.61 Å². The Bertz CT molecular complexity index is 313. The van der Waals surface area contributed by atoms with E-state index in [-0.39, 0.29) is 12.6 Å². The van der Waals surface area contributed by atoms with E-state index in [0.29, 0.717) is 13.0 Å². The average molecular weight is 302 g/mol. The summed E-state index contributed by atoms with van der Waals surface area (Å²) in [5.74, 6) is 0. The van der Waals surface area contributed by atoms with Gasteiger partial charge in [-0.05, 0) is 34.1 Å². The molecule has 0 aliphatic heterocycles. The lowest BCUT2D eigenvalue weighted by atomic mass is 10.1. The number of amides is 2. The summed E-state index contributed by atoms with van der Waals surface area (Å²) >= 11 is 0. The van der Waals surface area contributed by atoms with Crippen LogP contribution in [0.5, 0.6) is 0 Å². The SMILES string of the molecule is CCCC[C@@H](CCOC(=O)NCC)NC(=O)OC(C)(C)C. The smallest absolute Gasteiger partial charge is 0.407 e. The summed E-state index contributed by atoms with van der Waals surface area (Å²) in [6.07, 6.45) is 2.61. The largest absolute Gasteiger partial charge is 0.449 e. The lowest BCUT2D eigenvalue weighted by Crippen LogP contribution is -2.40. The van der Waals surface area contributed by atoms with Crippen molar-refractivity contribution in [1.82, 2.24) is 10.6 Å². The molecule has 0 saturated carbocycles. The molecule has 0 bridgehead atoms. The van der Waals surface area contributed by atoms with Gasteiger partial charge in [-0.2, -0.15) is 0 Å². The van der Waals surface area contributed by atoms with E-state index in [1.165, 1.54) is 0 Å². The van der Waals surface area contributed by atoms with Crippen molar-refractivity contribution in [3.63, 3.8) is 0 Å². The highest BCUT2D eigenvalue weighted by Crippen LogP contribution is 2.09. The minimum atomic E-state index is -0.517. The molecule has 124 valence electrons. The molecule has 0 aromatic carbocycles. The predicted molar refractivity (Wildman–Crippen MR) is 82.3 cm³/mol. The monoisotopic (exact) mass is 302 g/mol. The Balaban J connectivity index is 4.19. The number of rotatable bonds is 8. The maximum Gasteiger partial charge on any atom is 0.407 e. The molecule has 0 heterocycles. The van der Waals surface area contributed by atoms with Gasteiger partial charge in [0.2, 0.25) is 0 Å². The van der Waals surface area contributed by atoms with Crippen LogP contribution in [0, 0.1) is 0 Å². The molecule has 0 aliphatic carbocycles. The van der Waals surface area contributed by atoms with Gasteiger partial charge in [-0.25, -0.2) is 9.59 Å². The van der Waals surface area contributed by atoms with E-state index in [0.717, 1.165) is 19.3 Å². The third kappa shape index (κ3) is 12.0. The van der Waals surface area contributed by atoms with Crippen molar-refractivity contribution in [2.75, 3.05) is 13.2 Å². The van der Waals surface area contributed by atoms with Crippen LogP contribution in [0.3, 0.4) is 0 Å². The number of ether oxygens (including phenoxy) is 2. The maximum absolute atomic E-state index is 11.8. The van der Waals surface area contributed by atoms with E-state index in [2.05, 4.69) is 17.6 Å². The van der Waals surface area contributed by atoms with Crippen LogP contribution in [-0.4, -0.2) is 37.0 Å². The molecule has 21 heavy (non-hydrogen) atoms. The van der Waals surface area contributed by atoms with E-state index in [1.807, 2.05) is 27.7 Å². The topological polar surface area (TPSA) is 76.7 Å². The molecule has 0 spiro atoms. The summed E-state index contributed by atoms with van der Waals surface area (Å²) < 4.78 is 10.3. The molecule has 6 heteroatoms. The number of alkyl carbamates (subject to hydrolysis) is 2. The Hall–Kier alpha value is -1.46. The number of hydrogen-bond acceptors (Lipinski definition) is 4. The Morgan fingerprint density at radius 2 is 1.76 bits per heavy atom. The lowest BCUT2D eigenvalue weighted by molar-refractivity contribution is 0.0492. The van der Waals surface area contributed by atoms with Crippen molar-refractivity contribution < 1.29 is 19.1 Å². The van der Waals surface area contributed by atoms with Crippen LogP contribution < -0.4 is 10.6 Å². The van der Waals surface area contributed by atoms with Crippen LogP contribution in [0.4, 0.5) is 9.59 Å². The molecule has 0 saturated heterocycles. The quantitative estimate of drug-likeness (QED) is 0.722. The number of nitrogens with one attached hydrogen (secondary N) is 2. The summed E-state index contributed by atoms with van der Waals surface area (Å²) in [6.45, 7) is 10.2. The molecule has 0 aliphatic rings. The molecule has 0 unspecified atom stereocenters. The third-order valence-corrected chi connectivity index (χ3v) is 2.65. The molecular formula is C15H30N2O4. The number of hydrogen-bond donors (Lipinski definition) is 2. The Kier molecular flexibility index (Phi) is 9.58. The van der Waals surface area contributed by atoms with E-state index >= 15 is 0 Å². The van der Waals surface area contributed by atoms with Gasteiger partial charge < -0.3 is 20.1 Å². The molecule has 0 aromatic rings. The molecule has 2 N–H and O–H groups in total. The molecule has 0 aromatic heterocycles. The zero-order chi connectivity index (χ0) is 16.3. The number of unbranched alkanes of at least 4 members (excludes halogenated alkanes) is 1. The van der Waals surface area contributed by atoms with Crippen LogP contribution in [-0.2, 0) is 9.47 Å². The van der Waals surface area contributed by atoms with Crippen molar-refractivity contribution in [2.45, 2.75) is 71.9 Å². The summed E-state index contributed by atoms with van der Waals surface area (Å²) in [7, 11) is 0. The summed E-state index contributed by atoms with van der Waals surface area (Å²) in [6, 6.07) is -0.0470. The van der Waals surface area contributed by atoms with Crippen LogP contribution >= 0.6 is 0 Å². The average Bonchev–Trinajstić information content (AvgIpc) is 2.33. The van der Waals surface area contributed by atoms with Crippen LogP contribution in [0.1, 0.15) is 60.3 Å². The van der Waals surface area contributed by atoms with Crippen molar-refractivity contribution in [3.05, 3.63) is 0 Å². The predicted octanol–water partition coefficient (Wildman–Crippen LogP) is 3.21. The fourth-order valence-corrected chi connectivity index (χ4v) is 1.70. The molecule has 0 rings (SSSR count). The number of carbonyl (C=O) groups is 2. The second kappa shape index (κ2) is 10.3. The fraction of sp³-hybridized carbons (Fsp3) is 0.867. The van der Waals surface area contributed by atoms with E-state index in [1.54, 1.807) is 0 Å². The van der Waals surface area contributed by atoms with Crippen molar-refractivity contribution in [2.24, 2.45) is 0 Å². The molecule has 6 nitrogen and oxygen atoms in total. The summed E-state index contributed by atoms with van der Waals surface area (Å²) in [4.78, 5) is 23.0. The molecule has 1 atom stereocenters. The second-order valence-electron chi connectivity index (χ2n) is 5.94. The van der Waals surface area contributed by atoms with E-state index in [4.69, 9.17) is 9.47 Å². The van der Waals surface area contributed by atoms with E-state index < -0.39 is 17.8 Å². The minimum absolute atomic E-state index is 0.0470. The fourth-order valence-electron chi connectivity index (χ4n) is 1.70. The van der Waals surface area contributed by atoms with Gasteiger partial charge in [-0.15, -0.1) is 0 Å². The Morgan fingerprint density at radius 1 is 1.10 bits per heavy atom. The van der Waals surface area contributed by atoms with Gasteiger partial charge in [-0.1, -0.05) is 19.8 Å². The molecule has 2 amide bonds. The highest BCUT2D eigenvalue weighted by molar-refractivity contribution is 5.68. The van der Waals surface area contributed by atoms with Gasteiger partial charge in [-0.3, -0.25) is 0 Å². The first kappa shape index (κ1) is 19.5. The first-order valence-corrected chi connectivity index (χ1v) is 7.68. The highest BCUT2D eigenvalue weighted by Gasteiger charge is 2.19. The summed E-state index contributed by atoms with van der Waals surface area (Å²) in [5, 5.41) is 5.40. The standard InChI is InChI=1S/C15H30N2O4/c1-6-8-9-12(10-11-20-13(18)16-7-2)17-14(19)21-15(3,4)5/h12H,6-11H2,1-5H3,(H,16,18)(H,17,19)/t12-/m0/s1. The molecule has 0 radical (unpaired) electrons. The van der Waals surface area contributed by atoms with Gasteiger partial charge in [0, 0.05) is 19.0 Å².